The minimum absolute atomic E-state index is 1.09. The lowest BCUT2D eigenvalue weighted by atomic mass is 9.81. The van der Waals surface area contributed by atoms with Gasteiger partial charge in [0.1, 0.15) is 6.29 Å². The van der Waals surface area contributed by atoms with E-state index >= 15 is 0 Å². The van der Waals surface area contributed by atoms with Gasteiger partial charge in [0.15, 0.2) is 0 Å². The van der Waals surface area contributed by atoms with Gasteiger partial charge in [-0.3, -0.25) is 0 Å². The molecular weight excluding hydrogens is 1130 g/mol. The van der Waals surface area contributed by atoms with E-state index in [9.17, 15) is 189 Å². The molecule has 0 aromatic carbocycles. The van der Waals surface area contributed by atoms with Gasteiger partial charge in [-0.1, -0.05) is 0 Å². The van der Waals surface area contributed by atoms with E-state index in [1.807, 2.05) is 0 Å². The van der Waals surface area contributed by atoms with Gasteiger partial charge in [0.2, 0.25) is 0 Å². The Morgan fingerprint density at radius 3 is 0.522 bits per heavy atom. The Hall–Kier alpha value is -3.27. The van der Waals surface area contributed by atoms with Crippen molar-refractivity contribution in [2.24, 2.45) is 5.92 Å². The highest BCUT2D eigenvalue weighted by Crippen LogP contribution is 2.69. The van der Waals surface area contributed by atoms with Crippen LogP contribution >= 0.6 is 0 Å². The van der Waals surface area contributed by atoms with Crippen molar-refractivity contribution >= 4 is 6.29 Å². The third-order valence-electron chi connectivity index (χ3n) is 8.93. The summed E-state index contributed by atoms with van der Waals surface area (Å²) in [6.45, 7) is 0. The maximum Gasteiger partial charge on any atom is 0.460 e. The van der Waals surface area contributed by atoms with E-state index < -0.39 is 157 Å². The van der Waals surface area contributed by atoms with Crippen molar-refractivity contribution in [3.05, 3.63) is 0 Å². The fourth-order valence-corrected chi connectivity index (χ4v) is 4.74. The zero-order chi connectivity index (χ0) is 57.1. The van der Waals surface area contributed by atoms with Crippen LogP contribution < -0.4 is 0 Å². The predicted molar refractivity (Wildman–Crippen MR) is 129 cm³/mol. The molecule has 0 amide bonds. The Labute approximate surface area is 347 Å². The second-order valence-electron chi connectivity index (χ2n) is 13.6. The van der Waals surface area contributed by atoms with Gasteiger partial charge in [0.25, 0.3) is 0 Å². The molecule has 0 unspecified atom stereocenters. The topological polar surface area (TPSA) is 17.1 Å². The minimum atomic E-state index is -9.88. The predicted octanol–water partition coefficient (Wildman–Crippen LogP) is 14.9. The highest BCUT2D eigenvalue weighted by atomic mass is 19.5. The van der Waals surface area contributed by atoms with Crippen LogP contribution in [0.2, 0.25) is 0 Å². The van der Waals surface area contributed by atoms with Crippen molar-refractivity contribution in [3.8, 4) is 0 Å². The second kappa shape index (κ2) is 16.9. The summed E-state index contributed by atoms with van der Waals surface area (Å²) in [4.78, 5) is 10.5. The molecule has 0 spiro atoms. The molecule has 0 fully saturated rings. The van der Waals surface area contributed by atoms with Gasteiger partial charge in [-0.05, 0) is 12.3 Å². The maximum absolute atomic E-state index is 14.5. The molecule has 0 heterocycles. The average Bonchev–Trinajstić information content (AvgIpc) is 3.11. The number of carbonyl (C=O) groups excluding carboxylic acids is 1. The van der Waals surface area contributed by atoms with E-state index in [0.717, 1.165) is 0 Å². The van der Waals surface area contributed by atoms with Crippen LogP contribution in [0.25, 0.3) is 0 Å². The van der Waals surface area contributed by atoms with Crippen LogP contribution in [0.15, 0.2) is 0 Å². The zero-order valence-corrected chi connectivity index (χ0v) is 30.3. The normalized spacial score (nSPS) is 17.0. The average molecular weight is 1140 g/mol. The molecule has 43 heteroatoms. The highest BCUT2D eigenvalue weighted by molar-refractivity contribution is 5.49. The first-order chi connectivity index (χ1) is 29.1. The lowest BCUT2D eigenvalue weighted by Gasteiger charge is -2.45. The van der Waals surface area contributed by atoms with Crippen molar-refractivity contribution in [2.45, 2.75) is 145 Å². The fourth-order valence-electron chi connectivity index (χ4n) is 4.74. The Kier molecular flexibility index (Phi) is 16.1. The van der Waals surface area contributed by atoms with Crippen LogP contribution in [0.1, 0.15) is 25.7 Å². The van der Waals surface area contributed by atoms with E-state index in [1.165, 1.54) is 0 Å². The van der Waals surface area contributed by atoms with Gasteiger partial charge in [0, 0.05) is 19.3 Å². The molecule has 0 radical (unpaired) electrons. The Bertz CT molecular complexity index is 1680. The zero-order valence-electron chi connectivity index (χ0n) is 30.3. The van der Waals surface area contributed by atoms with Crippen molar-refractivity contribution < 1.29 is 189 Å². The minimum Gasteiger partial charge on any atom is -0.303 e. The highest BCUT2D eigenvalue weighted by Gasteiger charge is 3.00. The van der Waals surface area contributed by atoms with E-state index in [2.05, 4.69) is 0 Å². The summed E-state index contributed by atoms with van der Waals surface area (Å²) >= 11 is 0. The summed E-state index contributed by atoms with van der Waals surface area (Å²) in [7, 11) is 0. The molecule has 0 aliphatic heterocycles. The smallest absolute Gasteiger partial charge is 0.303 e. The van der Waals surface area contributed by atoms with Gasteiger partial charge in [-0.15, -0.1) is 0 Å². The van der Waals surface area contributed by atoms with Gasteiger partial charge in [-0.2, -0.15) is 184 Å². The van der Waals surface area contributed by atoms with E-state index in [4.69, 9.17) is 0 Å². The maximum atomic E-state index is 14.5. The summed E-state index contributed by atoms with van der Waals surface area (Å²) in [5.74, 6) is -174. The third kappa shape index (κ3) is 8.54. The molecule has 0 atom stereocenters. The van der Waals surface area contributed by atoms with Crippen LogP contribution in [0.5, 0.6) is 0 Å². The first kappa shape index (κ1) is 65.7. The number of hydrogen-bond acceptors (Lipinski definition) is 1. The SMILES string of the molecule is O=CCCC(CC(F)(F)C(F)(F)C(F)(F)C(F)(F)C(F)(F)C(F)(F)C(F)(F)C(F)(F)C(F)(F)C(F)(F)F)CC(F)(F)C(F)(F)C(F)(F)C(F)(F)C(F)(F)C(F)(F)C(F)(F)C(F)(F)C(F)(F)C(F)(F)F. The van der Waals surface area contributed by atoms with Crippen molar-refractivity contribution in [1.29, 1.82) is 0 Å². The number of rotatable bonds is 23. The van der Waals surface area contributed by atoms with E-state index in [1.54, 1.807) is 0 Å². The van der Waals surface area contributed by atoms with Crippen LogP contribution in [0, 0.1) is 5.92 Å². The molecule has 0 aromatic rings. The molecule has 1 nitrogen and oxygen atoms in total. The van der Waals surface area contributed by atoms with E-state index in [0.29, 0.717) is 0 Å². The molecule has 0 aromatic heterocycles. The molecular formula is C26H10F42O. The lowest BCUT2D eigenvalue weighted by Crippen LogP contribution is -2.77. The van der Waals surface area contributed by atoms with Crippen LogP contribution in [0.4, 0.5) is 184 Å². The first-order valence-electron chi connectivity index (χ1n) is 15.5. The Morgan fingerprint density at radius 2 is 0.377 bits per heavy atom. The van der Waals surface area contributed by atoms with E-state index in [-0.39, 0.29) is 0 Å². The number of alkyl halides is 42. The van der Waals surface area contributed by atoms with Crippen molar-refractivity contribution in [1.82, 2.24) is 0 Å². The summed E-state index contributed by atoms with van der Waals surface area (Å²) in [6.07, 6.45) is -32.1. The standard InChI is InChI=1S/C26H10F42O/c27-7(28,9(31,32)11(35,36)13(39,40)15(43,44)17(47,48)19(51,52)21(55,56)23(59,60)25(63,64)65)4-6(2-1-3-69)5-8(29,30)10(33,34)12(37,38)14(41,42)16(45,46)18(49,50)20(53,54)22(57,58)24(61,62)26(66,67)68/h3,6H,1-2,4-5H2. The first-order valence-corrected chi connectivity index (χ1v) is 15.5. The lowest BCUT2D eigenvalue weighted by molar-refractivity contribution is -0.475. The number of carbonyl (C=O) groups is 1. The quantitative estimate of drug-likeness (QED) is 0.0736. The Morgan fingerprint density at radius 1 is 0.232 bits per heavy atom. The monoisotopic (exact) mass is 1140 g/mol. The Balaban J connectivity index is 7.65. The van der Waals surface area contributed by atoms with Gasteiger partial charge in [-0.25, -0.2) is 0 Å². The summed E-state index contributed by atoms with van der Waals surface area (Å²) in [5, 5.41) is 0. The molecule has 0 N–H and O–H groups in total. The molecule has 0 bridgehead atoms. The fraction of sp³-hybridized carbons (Fsp3) is 0.962. The molecule has 0 aliphatic carbocycles. The van der Waals surface area contributed by atoms with Crippen molar-refractivity contribution in [3.63, 3.8) is 0 Å². The van der Waals surface area contributed by atoms with Crippen LogP contribution in [-0.2, 0) is 4.79 Å². The summed E-state index contributed by atoms with van der Waals surface area (Å²) in [5.41, 5.74) is 0. The van der Waals surface area contributed by atoms with Gasteiger partial charge >= 0.3 is 119 Å². The summed E-state index contributed by atoms with van der Waals surface area (Å²) < 4.78 is 572. The number of hydrogen-bond donors (Lipinski definition) is 0. The second-order valence-corrected chi connectivity index (χ2v) is 13.6. The molecule has 414 valence electrons. The van der Waals surface area contributed by atoms with Crippen molar-refractivity contribution in [2.75, 3.05) is 0 Å². The van der Waals surface area contributed by atoms with Gasteiger partial charge < -0.3 is 4.79 Å². The summed E-state index contributed by atoms with van der Waals surface area (Å²) in [6, 6.07) is 0. The van der Waals surface area contributed by atoms with Crippen LogP contribution in [-0.4, -0.2) is 125 Å². The van der Waals surface area contributed by atoms with Gasteiger partial charge in [0.05, 0.1) is 0 Å². The largest absolute Gasteiger partial charge is 0.460 e. The molecule has 0 saturated heterocycles. The molecule has 0 aliphatic rings. The number of aldehydes is 1. The van der Waals surface area contributed by atoms with Crippen LogP contribution in [0.3, 0.4) is 0 Å². The molecule has 69 heavy (non-hydrogen) atoms. The molecule has 0 saturated carbocycles. The number of halogens is 42. The third-order valence-corrected chi connectivity index (χ3v) is 8.93. The molecule has 0 rings (SSSR count).